The van der Waals surface area contributed by atoms with Gasteiger partial charge in [-0.15, -0.1) is 9.13 Å². The number of hydrogen-bond acceptors (Lipinski definition) is 6. The lowest BCUT2D eigenvalue weighted by Crippen LogP contribution is -2.58. The van der Waals surface area contributed by atoms with Gasteiger partial charge >= 0.3 is 41.8 Å². The lowest BCUT2D eigenvalue weighted by Gasteiger charge is -2.40. The molecule has 2 amide bonds. The van der Waals surface area contributed by atoms with E-state index in [9.17, 15) is 28.8 Å². The third-order valence-corrected chi connectivity index (χ3v) is 7.82. The van der Waals surface area contributed by atoms with Crippen LogP contribution in [0, 0.1) is 0 Å². The molecule has 0 atom stereocenters. The van der Waals surface area contributed by atoms with Crippen LogP contribution >= 0.6 is 0 Å². The Morgan fingerprint density at radius 2 is 1.07 bits per heavy atom. The van der Waals surface area contributed by atoms with Crippen LogP contribution in [0.25, 0.3) is 0 Å². The summed E-state index contributed by atoms with van der Waals surface area (Å²) in [6.45, 7) is 3.61. The molecule has 0 unspecified atom stereocenters. The Morgan fingerprint density at radius 3 is 1.36 bits per heavy atom. The fourth-order valence-electron chi connectivity index (χ4n) is 5.76. The van der Waals surface area contributed by atoms with E-state index in [1.165, 1.54) is 0 Å². The van der Waals surface area contributed by atoms with Gasteiger partial charge < -0.3 is 30.2 Å². The Hall–Kier alpha value is -4.80. The van der Waals surface area contributed by atoms with Gasteiger partial charge in [0.2, 0.25) is 0 Å². The van der Waals surface area contributed by atoms with E-state index >= 15 is 0 Å². The molecule has 0 aromatic carbocycles. The van der Waals surface area contributed by atoms with Crippen LogP contribution in [0.3, 0.4) is 0 Å². The maximum atomic E-state index is 12.9. The first kappa shape index (κ1) is 30.2. The molecule has 0 saturated heterocycles. The van der Waals surface area contributed by atoms with Crippen molar-refractivity contribution in [3.63, 3.8) is 0 Å². The van der Waals surface area contributed by atoms with Crippen LogP contribution in [-0.4, -0.2) is 111 Å². The number of carboxylic acid groups (broad SMARTS) is 4. The molecule has 226 valence electrons. The van der Waals surface area contributed by atoms with Crippen LogP contribution in [0.15, 0.2) is 24.8 Å². The molecule has 0 aliphatic carbocycles. The van der Waals surface area contributed by atoms with Crippen molar-refractivity contribution in [2.24, 2.45) is 0 Å². The summed E-state index contributed by atoms with van der Waals surface area (Å²) in [5.41, 5.74) is -0.357. The number of carbonyl (C=O) groups is 6. The molecule has 0 spiro atoms. The summed E-state index contributed by atoms with van der Waals surface area (Å²) in [5.74, 6) is -5.07. The summed E-state index contributed by atoms with van der Waals surface area (Å²) in [6, 6.07) is 0. The van der Waals surface area contributed by atoms with E-state index in [0.717, 1.165) is 21.4 Å². The topological polar surface area (TPSA) is 207 Å². The largest absolute Gasteiger partial charge is 0.480 e. The molecular formula is C25H34N7O10+3. The molecule has 42 heavy (non-hydrogen) atoms. The first-order chi connectivity index (χ1) is 19.5. The Morgan fingerprint density at radius 1 is 0.738 bits per heavy atom. The van der Waals surface area contributed by atoms with Crippen molar-refractivity contribution in [1.82, 2.24) is 18.9 Å². The second-order valence-electron chi connectivity index (χ2n) is 11.4. The molecule has 17 heteroatoms. The highest BCUT2D eigenvalue weighted by atomic mass is 16.4. The molecule has 0 radical (unpaired) electrons. The third-order valence-electron chi connectivity index (χ3n) is 7.82. The zero-order chi connectivity index (χ0) is 31.1. The summed E-state index contributed by atoms with van der Waals surface area (Å²) in [7, 11) is 0. The Kier molecular flexibility index (Phi) is 7.82. The quantitative estimate of drug-likeness (QED) is 0.151. The fourth-order valence-corrected chi connectivity index (χ4v) is 5.76. The standard InChI is InChI=1S/C25H31N7O10/c1-25(2,3)32-14-16-26(8-18(33)28(10-20(35)36)11-21(37)38)4-6-30(16)24(32)31-7-5-27(17(31)15-32)9-19(34)29(12-22(39)40)13-23(41)42/h4-7,24H,8-15H2,1-3H3,(H-3,35,36,37,38,39,40,41,42)/p+3. The number of rotatable bonds is 12. The number of aliphatic carboxylic acids is 4. The molecule has 2 aliphatic rings. The number of quaternary nitrogens is 1. The van der Waals surface area contributed by atoms with Crippen molar-refractivity contribution in [3.8, 4) is 0 Å². The molecule has 4 N–H and O–H groups in total. The first-order valence-electron chi connectivity index (χ1n) is 13.0. The van der Waals surface area contributed by atoms with Gasteiger partial charge in [0.05, 0.1) is 5.54 Å². The van der Waals surface area contributed by atoms with Crippen molar-refractivity contribution < 1.29 is 62.8 Å². The second kappa shape index (κ2) is 10.9. The van der Waals surface area contributed by atoms with Gasteiger partial charge in [-0.2, -0.15) is 0 Å². The van der Waals surface area contributed by atoms with Gasteiger partial charge in [0.15, 0.2) is 26.2 Å². The van der Waals surface area contributed by atoms with Crippen molar-refractivity contribution >= 4 is 35.7 Å². The molecule has 2 aromatic rings. The first-order valence-corrected chi connectivity index (χ1v) is 13.0. The normalized spacial score (nSPS) is 18.6. The SMILES string of the molecule is CC(C)(C)[N+]12Cc3n(cc[n+]3CC(=O)N(CC(=O)O)CC(=O)O)C1n1cc[n+](CC(=O)N(CC(=O)O)CC(=O)O)c1C2. The molecule has 4 rings (SSSR count). The Bertz CT molecular complexity index is 1340. The van der Waals surface area contributed by atoms with E-state index in [2.05, 4.69) is 20.8 Å². The van der Waals surface area contributed by atoms with Gasteiger partial charge in [-0.05, 0) is 20.8 Å². The molecule has 4 heterocycles. The fraction of sp³-hybridized carbons (Fsp3) is 0.520. The molecule has 2 aromatic heterocycles. The number of amides is 2. The summed E-state index contributed by atoms with van der Waals surface area (Å²) in [6.07, 6.45) is 6.63. The van der Waals surface area contributed by atoms with Crippen molar-refractivity contribution in [1.29, 1.82) is 0 Å². The molecule has 2 aliphatic heterocycles. The maximum Gasteiger partial charge on any atom is 0.381 e. The Labute approximate surface area is 239 Å². The average molecular weight is 593 g/mol. The zero-order valence-electron chi connectivity index (χ0n) is 23.4. The molecule has 17 nitrogen and oxygen atoms in total. The number of imidazole rings is 2. The number of nitrogens with zero attached hydrogens (tertiary/aromatic N) is 7. The predicted molar refractivity (Wildman–Crippen MR) is 135 cm³/mol. The minimum Gasteiger partial charge on any atom is -0.480 e. The predicted octanol–water partition coefficient (Wildman–Crippen LogP) is -2.49. The van der Waals surface area contributed by atoms with E-state index in [1.54, 1.807) is 33.9 Å². The number of hydrogen-bond donors (Lipinski definition) is 4. The maximum absolute atomic E-state index is 12.9. The highest BCUT2D eigenvalue weighted by Crippen LogP contribution is 2.48. The summed E-state index contributed by atoms with van der Waals surface area (Å²) in [4.78, 5) is 72.3. The highest BCUT2D eigenvalue weighted by Gasteiger charge is 2.67. The minimum absolute atomic E-state index is 0.254. The smallest absolute Gasteiger partial charge is 0.381 e. The minimum atomic E-state index is -1.32. The lowest BCUT2D eigenvalue weighted by molar-refractivity contribution is -1.02. The Balaban J connectivity index is 1.64. The van der Waals surface area contributed by atoms with Crippen LogP contribution < -0.4 is 9.13 Å². The van der Waals surface area contributed by atoms with E-state index in [-0.39, 0.29) is 24.9 Å². The monoisotopic (exact) mass is 592 g/mol. The summed E-state index contributed by atoms with van der Waals surface area (Å²) in [5, 5.41) is 36.5. The number of carboxylic acids is 4. The second-order valence-corrected chi connectivity index (χ2v) is 11.4. The third kappa shape index (κ3) is 5.54. The van der Waals surface area contributed by atoms with Crippen molar-refractivity contribution in [3.05, 3.63) is 36.4 Å². The van der Waals surface area contributed by atoms with Gasteiger partial charge in [-0.25, -0.2) is 13.6 Å². The highest BCUT2D eigenvalue weighted by molar-refractivity contribution is 5.85. The van der Waals surface area contributed by atoms with Gasteiger partial charge in [0, 0.05) is 0 Å². The van der Waals surface area contributed by atoms with E-state index in [0.29, 0.717) is 17.6 Å². The van der Waals surface area contributed by atoms with Crippen molar-refractivity contribution in [2.75, 3.05) is 26.2 Å². The van der Waals surface area contributed by atoms with E-state index in [4.69, 9.17) is 20.4 Å². The van der Waals surface area contributed by atoms with Gasteiger partial charge in [-0.3, -0.25) is 28.8 Å². The molecular weight excluding hydrogens is 558 g/mol. The number of aromatic nitrogens is 4. The number of carbonyl (C=O) groups excluding carboxylic acids is 2. The summed E-state index contributed by atoms with van der Waals surface area (Å²) >= 11 is 0. The van der Waals surface area contributed by atoms with Crippen LogP contribution in [0.4, 0.5) is 0 Å². The van der Waals surface area contributed by atoms with Gasteiger partial charge in [0.25, 0.3) is 11.8 Å². The van der Waals surface area contributed by atoms with Crippen molar-refractivity contribution in [2.45, 2.75) is 58.8 Å². The zero-order valence-corrected chi connectivity index (χ0v) is 23.4. The molecule has 0 saturated carbocycles. The van der Waals surface area contributed by atoms with E-state index < -0.39 is 61.9 Å². The summed E-state index contributed by atoms with van der Waals surface area (Å²) < 4.78 is 7.80. The van der Waals surface area contributed by atoms with Gasteiger partial charge in [-0.1, -0.05) is 0 Å². The van der Waals surface area contributed by atoms with Crippen LogP contribution in [0.1, 0.15) is 38.7 Å². The molecule has 0 bridgehead atoms. The van der Waals surface area contributed by atoms with Crippen LogP contribution in [0.5, 0.6) is 0 Å². The lowest BCUT2D eigenvalue weighted by atomic mass is 10.0. The van der Waals surface area contributed by atoms with E-state index in [1.807, 2.05) is 9.13 Å². The van der Waals surface area contributed by atoms with Gasteiger partial charge in [0.1, 0.15) is 51.0 Å². The molecule has 0 fully saturated rings. The number of fused-ring (bicyclic) bond motifs is 5. The van der Waals surface area contributed by atoms with Crippen LogP contribution in [0.2, 0.25) is 0 Å². The average Bonchev–Trinajstić information content (AvgIpc) is 3.56. The van der Waals surface area contributed by atoms with Crippen LogP contribution in [-0.2, 0) is 54.9 Å².